The summed E-state index contributed by atoms with van der Waals surface area (Å²) in [6.07, 6.45) is 0. The molecular weight excluding hydrogens is 364 g/mol. The van der Waals surface area contributed by atoms with Crippen LogP contribution in [-0.4, -0.2) is 56.8 Å². The van der Waals surface area contributed by atoms with Crippen molar-refractivity contribution in [3.05, 3.63) is 48.5 Å². The predicted octanol–water partition coefficient (Wildman–Crippen LogP) is 4.29. The number of nitrogens with one attached hydrogen (secondary N) is 1. The third-order valence-electron chi connectivity index (χ3n) is 5.33. The molecule has 0 radical (unpaired) electrons. The van der Waals surface area contributed by atoms with Gasteiger partial charge in [-0.3, -0.25) is 0 Å². The van der Waals surface area contributed by atoms with Crippen molar-refractivity contribution in [2.24, 2.45) is 0 Å². The Bertz CT molecular complexity index is 764. The minimum absolute atomic E-state index is 0.0503. The first-order chi connectivity index (χ1) is 14.1. The summed E-state index contributed by atoms with van der Waals surface area (Å²) < 4.78 is 5.44. The van der Waals surface area contributed by atoms with Crippen LogP contribution in [0.3, 0.4) is 0 Å². The van der Waals surface area contributed by atoms with Gasteiger partial charge in [0.1, 0.15) is 5.75 Å². The zero-order valence-corrected chi connectivity index (χ0v) is 17.7. The van der Waals surface area contributed by atoms with Crippen LogP contribution in [0.4, 0.5) is 21.9 Å². The van der Waals surface area contributed by atoms with Gasteiger partial charge in [0.15, 0.2) is 0 Å². The lowest BCUT2D eigenvalue weighted by Crippen LogP contribution is -2.50. The van der Waals surface area contributed by atoms with Crippen LogP contribution in [0.5, 0.6) is 5.75 Å². The Morgan fingerprint density at radius 2 is 1.55 bits per heavy atom. The van der Waals surface area contributed by atoms with Gasteiger partial charge in [0.05, 0.1) is 6.61 Å². The number of nitrogens with zero attached hydrogens (tertiary/aromatic N) is 3. The van der Waals surface area contributed by atoms with E-state index in [1.165, 1.54) is 11.4 Å². The van der Waals surface area contributed by atoms with Crippen LogP contribution in [0.25, 0.3) is 0 Å². The molecule has 29 heavy (non-hydrogen) atoms. The molecule has 0 saturated carbocycles. The molecule has 0 spiro atoms. The molecule has 1 N–H and O–H groups in total. The molecule has 2 amide bonds. The van der Waals surface area contributed by atoms with Gasteiger partial charge in [-0.2, -0.15) is 0 Å². The van der Waals surface area contributed by atoms with Crippen molar-refractivity contribution in [1.29, 1.82) is 0 Å². The topological polar surface area (TPSA) is 48.1 Å². The van der Waals surface area contributed by atoms with Gasteiger partial charge >= 0.3 is 6.03 Å². The molecule has 0 aromatic heterocycles. The Kier molecular flexibility index (Phi) is 7.22. The standard InChI is InChI=1S/C23H32N4O2/c1-4-25(5-2)20-9-11-21(12-10-20)26-15-17-27(18-16-26)23(28)24-19-7-13-22(14-8-19)29-6-3/h7-14H,4-6,15-18H2,1-3H3,(H,24,28). The van der Waals surface area contributed by atoms with Crippen molar-refractivity contribution in [3.8, 4) is 5.75 Å². The number of hydrogen-bond acceptors (Lipinski definition) is 4. The molecule has 6 nitrogen and oxygen atoms in total. The lowest BCUT2D eigenvalue weighted by molar-refractivity contribution is 0.208. The maximum absolute atomic E-state index is 12.6. The van der Waals surface area contributed by atoms with E-state index in [9.17, 15) is 4.79 Å². The Morgan fingerprint density at radius 1 is 0.931 bits per heavy atom. The summed E-state index contributed by atoms with van der Waals surface area (Å²) in [6, 6.07) is 16.2. The second kappa shape index (κ2) is 10.0. The summed E-state index contributed by atoms with van der Waals surface area (Å²) in [7, 11) is 0. The lowest BCUT2D eigenvalue weighted by Gasteiger charge is -2.36. The SMILES string of the molecule is CCOc1ccc(NC(=O)N2CCN(c3ccc(N(CC)CC)cc3)CC2)cc1. The summed E-state index contributed by atoms with van der Waals surface area (Å²) in [5.74, 6) is 0.811. The molecule has 6 heteroatoms. The number of ether oxygens (including phenoxy) is 1. The van der Waals surface area contributed by atoms with E-state index in [0.717, 1.165) is 37.6 Å². The van der Waals surface area contributed by atoms with Crippen LogP contribution < -0.4 is 19.9 Å². The zero-order valence-electron chi connectivity index (χ0n) is 17.7. The molecule has 1 heterocycles. The summed E-state index contributed by atoms with van der Waals surface area (Å²) in [6.45, 7) is 12.0. The molecule has 156 valence electrons. The lowest BCUT2D eigenvalue weighted by atomic mass is 10.2. The van der Waals surface area contributed by atoms with Crippen molar-refractivity contribution >= 4 is 23.1 Å². The van der Waals surface area contributed by atoms with E-state index in [1.807, 2.05) is 36.1 Å². The second-order valence-corrected chi connectivity index (χ2v) is 7.05. The van der Waals surface area contributed by atoms with E-state index < -0.39 is 0 Å². The highest BCUT2D eigenvalue weighted by Crippen LogP contribution is 2.22. The van der Waals surface area contributed by atoms with Gasteiger partial charge < -0.3 is 24.8 Å². The maximum atomic E-state index is 12.6. The van der Waals surface area contributed by atoms with Gasteiger partial charge in [0.2, 0.25) is 0 Å². The molecule has 0 atom stereocenters. The fourth-order valence-electron chi connectivity index (χ4n) is 3.63. The van der Waals surface area contributed by atoms with Crippen LogP contribution in [0.1, 0.15) is 20.8 Å². The highest BCUT2D eigenvalue weighted by molar-refractivity contribution is 5.89. The normalized spacial score (nSPS) is 13.9. The van der Waals surface area contributed by atoms with E-state index in [1.54, 1.807) is 0 Å². The number of benzene rings is 2. The average Bonchev–Trinajstić information content (AvgIpc) is 2.77. The highest BCUT2D eigenvalue weighted by atomic mass is 16.5. The molecule has 1 saturated heterocycles. The largest absolute Gasteiger partial charge is 0.494 e. The number of rotatable bonds is 7. The van der Waals surface area contributed by atoms with Crippen LogP contribution in [0.2, 0.25) is 0 Å². The molecule has 1 aliphatic heterocycles. The maximum Gasteiger partial charge on any atom is 0.321 e. The van der Waals surface area contributed by atoms with E-state index >= 15 is 0 Å². The number of piperazine rings is 1. The molecule has 2 aromatic rings. The van der Waals surface area contributed by atoms with E-state index in [0.29, 0.717) is 19.7 Å². The van der Waals surface area contributed by atoms with Gasteiger partial charge in [0.25, 0.3) is 0 Å². The summed E-state index contributed by atoms with van der Waals surface area (Å²) in [4.78, 5) is 19.1. The molecule has 0 unspecified atom stereocenters. The van der Waals surface area contributed by atoms with Gasteiger partial charge in [-0.15, -0.1) is 0 Å². The van der Waals surface area contributed by atoms with Crippen molar-refractivity contribution < 1.29 is 9.53 Å². The number of anilines is 3. The highest BCUT2D eigenvalue weighted by Gasteiger charge is 2.21. The van der Waals surface area contributed by atoms with Crippen molar-refractivity contribution in [3.63, 3.8) is 0 Å². The molecular formula is C23H32N4O2. The van der Waals surface area contributed by atoms with Crippen molar-refractivity contribution in [1.82, 2.24) is 4.90 Å². The van der Waals surface area contributed by atoms with Gasteiger partial charge in [0, 0.05) is 56.3 Å². The molecule has 3 rings (SSSR count). The summed E-state index contributed by atoms with van der Waals surface area (Å²) in [5.41, 5.74) is 3.26. The fraction of sp³-hybridized carbons (Fsp3) is 0.435. The van der Waals surface area contributed by atoms with Crippen LogP contribution in [-0.2, 0) is 0 Å². The minimum Gasteiger partial charge on any atom is -0.494 e. The number of carbonyl (C=O) groups is 1. The predicted molar refractivity (Wildman–Crippen MR) is 120 cm³/mol. The number of urea groups is 1. The smallest absolute Gasteiger partial charge is 0.321 e. The molecule has 0 bridgehead atoms. The first-order valence-electron chi connectivity index (χ1n) is 10.5. The van der Waals surface area contributed by atoms with Crippen molar-refractivity contribution in [2.75, 3.05) is 61.0 Å². The van der Waals surface area contributed by atoms with Crippen LogP contribution in [0.15, 0.2) is 48.5 Å². The van der Waals surface area contributed by atoms with Gasteiger partial charge in [-0.1, -0.05) is 0 Å². The number of carbonyl (C=O) groups excluding carboxylic acids is 1. The first-order valence-corrected chi connectivity index (χ1v) is 10.5. The second-order valence-electron chi connectivity index (χ2n) is 7.05. The van der Waals surface area contributed by atoms with E-state index in [4.69, 9.17) is 4.74 Å². The third kappa shape index (κ3) is 5.34. The van der Waals surface area contributed by atoms with Crippen LogP contribution >= 0.6 is 0 Å². The first kappa shape index (κ1) is 20.8. The minimum atomic E-state index is -0.0503. The van der Waals surface area contributed by atoms with Gasteiger partial charge in [-0.25, -0.2) is 4.79 Å². The fourth-order valence-corrected chi connectivity index (χ4v) is 3.63. The Balaban J connectivity index is 1.51. The summed E-state index contributed by atoms with van der Waals surface area (Å²) in [5, 5.41) is 2.98. The Labute approximate surface area is 174 Å². The Morgan fingerprint density at radius 3 is 2.10 bits per heavy atom. The molecule has 1 aliphatic rings. The quantitative estimate of drug-likeness (QED) is 0.759. The monoisotopic (exact) mass is 396 g/mol. The van der Waals surface area contributed by atoms with Gasteiger partial charge in [-0.05, 0) is 69.3 Å². The van der Waals surface area contributed by atoms with E-state index in [-0.39, 0.29) is 6.03 Å². The molecule has 0 aliphatic carbocycles. The zero-order chi connectivity index (χ0) is 20.6. The summed E-state index contributed by atoms with van der Waals surface area (Å²) >= 11 is 0. The number of hydrogen-bond donors (Lipinski definition) is 1. The third-order valence-corrected chi connectivity index (χ3v) is 5.33. The molecule has 2 aromatic carbocycles. The average molecular weight is 397 g/mol. The van der Waals surface area contributed by atoms with E-state index in [2.05, 4.69) is 53.2 Å². The van der Waals surface area contributed by atoms with Crippen molar-refractivity contribution in [2.45, 2.75) is 20.8 Å². The number of amides is 2. The molecule has 1 fully saturated rings. The van der Waals surface area contributed by atoms with Crippen LogP contribution in [0, 0.1) is 0 Å². The Hall–Kier alpha value is -2.89.